The summed E-state index contributed by atoms with van der Waals surface area (Å²) in [6.07, 6.45) is -6.82. The van der Waals surface area contributed by atoms with Crippen LogP contribution in [0, 0.1) is 10.1 Å². The van der Waals surface area contributed by atoms with Crippen molar-refractivity contribution in [3.63, 3.8) is 0 Å². The number of carbonyl (C=O) groups is 1. The number of nitrogens with one attached hydrogen (secondary N) is 1. The van der Waals surface area contributed by atoms with E-state index < -0.39 is 91.2 Å². The van der Waals surface area contributed by atoms with Crippen LogP contribution in [0.5, 0.6) is 0 Å². The Morgan fingerprint density at radius 3 is 2.08 bits per heavy atom. The fraction of sp³-hybridized carbons (Fsp3) is 0.278. The monoisotopic (exact) mass is 670 g/mol. The maximum atomic E-state index is 13.8. The largest absolute Gasteiger partial charge is 0.501 e. The molecular formula is C18H9ClF10N2O6S3. The van der Waals surface area contributed by atoms with Gasteiger partial charge < -0.3 is 5.32 Å². The van der Waals surface area contributed by atoms with Crippen molar-refractivity contribution in [2.75, 3.05) is 11.1 Å². The fourth-order valence-electron chi connectivity index (χ4n) is 2.54. The molecule has 0 aliphatic heterocycles. The van der Waals surface area contributed by atoms with Crippen molar-refractivity contribution in [1.82, 2.24) is 0 Å². The average Bonchev–Trinajstić information content (AvgIpc) is 2.81. The molecule has 2 aromatic carbocycles. The Kier molecular flexibility index (Phi) is 9.50. The Morgan fingerprint density at radius 1 is 1.00 bits per heavy atom. The second-order valence-corrected chi connectivity index (χ2v) is 12.1. The highest BCUT2D eigenvalue weighted by Crippen LogP contribution is 2.49. The van der Waals surface area contributed by atoms with Crippen molar-refractivity contribution in [1.29, 1.82) is 0 Å². The number of nitro benzene ring substituents is 1. The molecule has 0 fully saturated rings. The van der Waals surface area contributed by atoms with Crippen LogP contribution in [0.2, 0.25) is 5.02 Å². The fourth-order valence-corrected chi connectivity index (χ4v) is 5.35. The first kappa shape index (κ1) is 33.6. The predicted molar refractivity (Wildman–Crippen MR) is 120 cm³/mol. The molecule has 1 N–H and O–H groups in total. The first-order valence-corrected chi connectivity index (χ1v) is 13.5. The summed E-state index contributed by atoms with van der Waals surface area (Å²) in [4.78, 5) is 18.9. The van der Waals surface area contributed by atoms with Gasteiger partial charge in [-0.1, -0.05) is 11.6 Å². The molecule has 2 rings (SSSR count). The van der Waals surface area contributed by atoms with Gasteiger partial charge in [0.1, 0.15) is 10.8 Å². The molecule has 222 valence electrons. The SMILES string of the molecule is O=C(CSc1ccc(S(=O)C(F)(F)C(F)(F)C(F)(F)F)cc1[N+](=O)[O-])Nc1cc(S(=O)(=O)C(F)(F)F)ccc1Cl. The van der Waals surface area contributed by atoms with E-state index >= 15 is 0 Å². The molecule has 40 heavy (non-hydrogen) atoms. The quantitative estimate of drug-likeness (QED) is 0.147. The lowest BCUT2D eigenvalue weighted by atomic mass is 10.3. The summed E-state index contributed by atoms with van der Waals surface area (Å²) < 4.78 is 164. The maximum absolute atomic E-state index is 13.8. The minimum atomic E-state index is -6.82. The van der Waals surface area contributed by atoms with Gasteiger partial charge in [-0.25, -0.2) is 12.6 Å². The number of alkyl halides is 10. The number of halogens is 11. The van der Waals surface area contributed by atoms with Crippen LogP contribution in [-0.4, -0.2) is 52.1 Å². The van der Waals surface area contributed by atoms with Gasteiger partial charge in [0.05, 0.1) is 36.1 Å². The summed E-state index contributed by atoms with van der Waals surface area (Å²) in [5.74, 6) is -8.76. The van der Waals surface area contributed by atoms with Gasteiger partial charge in [0.15, 0.2) is 0 Å². The van der Waals surface area contributed by atoms with E-state index in [1.807, 2.05) is 5.32 Å². The van der Waals surface area contributed by atoms with E-state index in [2.05, 4.69) is 0 Å². The van der Waals surface area contributed by atoms with Crippen molar-refractivity contribution in [3.8, 4) is 0 Å². The van der Waals surface area contributed by atoms with Crippen LogP contribution in [0.1, 0.15) is 0 Å². The van der Waals surface area contributed by atoms with Crippen molar-refractivity contribution in [2.45, 2.75) is 37.5 Å². The minimum absolute atomic E-state index is 0.0268. The van der Waals surface area contributed by atoms with Crippen molar-refractivity contribution >= 4 is 61.3 Å². The molecule has 0 radical (unpaired) electrons. The molecule has 0 heterocycles. The number of rotatable bonds is 9. The zero-order chi connectivity index (χ0) is 31.1. The summed E-state index contributed by atoms with van der Waals surface area (Å²) in [5.41, 5.74) is -7.55. The number of carbonyl (C=O) groups excluding carboxylic acids is 1. The molecule has 2 aromatic rings. The summed E-state index contributed by atoms with van der Waals surface area (Å²) >= 11 is 5.98. The number of anilines is 1. The third-order valence-electron chi connectivity index (χ3n) is 4.48. The van der Waals surface area contributed by atoms with Crippen LogP contribution in [0.4, 0.5) is 55.3 Å². The van der Waals surface area contributed by atoms with Gasteiger partial charge in [0.2, 0.25) is 5.91 Å². The van der Waals surface area contributed by atoms with E-state index in [1.54, 1.807) is 0 Å². The number of thioether (sulfide) groups is 1. The lowest BCUT2D eigenvalue weighted by Gasteiger charge is -2.27. The number of amides is 1. The van der Waals surface area contributed by atoms with E-state index in [0.29, 0.717) is 30.3 Å². The van der Waals surface area contributed by atoms with Crippen molar-refractivity contribution in [3.05, 3.63) is 51.5 Å². The highest BCUT2D eigenvalue weighted by atomic mass is 35.5. The molecule has 0 aliphatic carbocycles. The Labute approximate surface area is 227 Å². The average molecular weight is 671 g/mol. The van der Waals surface area contributed by atoms with E-state index in [4.69, 9.17) is 11.6 Å². The van der Waals surface area contributed by atoms with Gasteiger partial charge in [0, 0.05) is 6.07 Å². The van der Waals surface area contributed by atoms with Gasteiger partial charge in [-0.05, 0) is 30.3 Å². The highest BCUT2D eigenvalue weighted by Gasteiger charge is 2.76. The second kappa shape index (κ2) is 11.3. The molecule has 0 aliphatic rings. The summed E-state index contributed by atoms with van der Waals surface area (Å²) in [6, 6.07) is 2.44. The van der Waals surface area contributed by atoms with Crippen LogP contribution in [0.15, 0.2) is 51.1 Å². The van der Waals surface area contributed by atoms with Crippen LogP contribution in [0.3, 0.4) is 0 Å². The van der Waals surface area contributed by atoms with Gasteiger partial charge in [-0.2, -0.15) is 43.9 Å². The molecule has 0 bridgehead atoms. The van der Waals surface area contributed by atoms with Crippen LogP contribution in [0.25, 0.3) is 0 Å². The van der Waals surface area contributed by atoms with E-state index in [1.165, 1.54) is 0 Å². The number of nitrogens with zero attached hydrogens (tertiary/aromatic N) is 1. The normalized spacial score (nSPS) is 14.1. The molecule has 0 spiro atoms. The zero-order valence-corrected chi connectivity index (χ0v) is 21.7. The van der Waals surface area contributed by atoms with Crippen molar-refractivity contribution in [2.24, 2.45) is 0 Å². The maximum Gasteiger partial charge on any atom is 0.501 e. The predicted octanol–water partition coefficient (Wildman–Crippen LogP) is 6.17. The Morgan fingerprint density at radius 2 is 1.57 bits per heavy atom. The molecule has 0 saturated carbocycles. The Bertz CT molecular complexity index is 1470. The molecule has 0 saturated heterocycles. The lowest BCUT2D eigenvalue weighted by molar-refractivity contribution is -0.388. The topological polar surface area (TPSA) is 123 Å². The number of nitro groups is 1. The first-order valence-electron chi connectivity index (χ1n) is 9.51. The lowest BCUT2D eigenvalue weighted by Crippen LogP contribution is -2.54. The van der Waals surface area contributed by atoms with Gasteiger partial charge >= 0.3 is 22.9 Å². The molecule has 0 aromatic heterocycles. The summed E-state index contributed by atoms with van der Waals surface area (Å²) in [5, 5.41) is 6.59. The third kappa shape index (κ3) is 6.62. The van der Waals surface area contributed by atoms with E-state index in [0.717, 1.165) is 0 Å². The number of benzene rings is 2. The van der Waals surface area contributed by atoms with Crippen LogP contribution in [-0.2, 0) is 25.4 Å². The molecule has 1 atom stereocenters. The minimum Gasteiger partial charge on any atom is -0.324 e. The Hall–Kier alpha value is -2.65. The van der Waals surface area contributed by atoms with Crippen LogP contribution < -0.4 is 5.32 Å². The number of sulfone groups is 1. The third-order valence-corrected chi connectivity index (χ3v) is 8.76. The molecule has 8 nitrogen and oxygen atoms in total. The van der Waals surface area contributed by atoms with E-state index in [-0.39, 0.29) is 17.8 Å². The first-order chi connectivity index (χ1) is 17.9. The molecule has 22 heteroatoms. The van der Waals surface area contributed by atoms with Crippen LogP contribution >= 0.6 is 23.4 Å². The standard InChI is InChI=1S/C18H9ClF10N2O6S3/c19-10-3-2-9(40(36,37)18(27,28)29)6-11(10)30-14(32)7-38-13-4-1-8(5-12(13)31(33)34)39(35)17(25,26)15(20,21)16(22,23)24/h1-6H,7H2,(H,30,32). The molecule has 1 unspecified atom stereocenters. The number of hydrogen-bond acceptors (Lipinski definition) is 7. The Balaban J connectivity index is 2.29. The summed E-state index contributed by atoms with van der Waals surface area (Å²) in [7, 11) is -10.3. The molecule has 1 amide bonds. The zero-order valence-electron chi connectivity index (χ0n) is 18.5. The van der Waals surface area contributed by atoms with Gasteiger partial charge in [-0.15, -0.1) is 11.8 Å². The van der Waals surface area contributed by atoms with Crippen molar-refractivity contribution < 1.29 is 66.2 Å². The van der Waals surface area contributed by atoms with Gasteiger partial charge in [0.25, 0.3) is 15.5 Å². The van der Waals surface area contributed by atoms with Gasteiger partial charge in [-0.3, -0.25) is 14.9 Å². The highest BCUT2D eigenvalue weighted by molar-refractivity contribution is 8.00. The number of hydrogen-bond donors (Lipinski definition) is 1. The summed E-state index contributed by atoms with van der Waals surface area (Å²) in [6.45, 7) is 0. The molecular weight excluding hydrogens is 662 g/mol. The smallest absolute Gasteiger partial charge is 0.324 e. The second-order valence-electron chi connectivity index (χ2n) is 7.17. The van der Waals surface area contributed by atoms with E-state index in [9.17, 15) is 71.4 Å².